The second kappa shape index (κ2) is 4.87. The van der Waals surface area contributed by atoms with Crippen LogP contribution in [-0.2, 0) is 0 Å². The van der Waals surface area contributed by atoms with Gasteiger partial charge in [-0.2, -0.15) is 4.98 Å². The van der Waals surface area contributed by atoms with Gasteiger partial charge in [0.25, 0.3) is 0 Å². The van der Waals surface area contributed by atoms with E-state index < -0.39 is 11.1 Å². The van der Waals surface area contributed by atoms with E-state index in [1.165, 1.54) is 0 Å². The van der Waals surface area contributed by atoms with E-state index in [0.29, 0.717) is 11.8 Å². The number of nitrogens with zero attached hydrogens (tertiary/aromatic N) is 2. The average molecular weight is 238 g/mol. The largest absolute Gasteiger partial charge is 0.388 e. The standard InChI is InChI=1S/C12H22N4O/c1-6-13-10-14-8-7-9(15-10)16-11(2,3)12(4,5)17/h7-8,17H,6H2,1-5H3,(H2,13,14,15,16). The van der Waals surface area contributed by atoms with Crippen LogP contribution in [0.5, 0.6) is 0 Å². The van der Waals surface area contributed by atoms with Crippen molar-refractivity contribution in [3.63, 3.8) is 0 Å². The Morgan fingerprint density at radius 3 is 2.47 bits per heavy atom. The minimum Gasteiger partial charge on any atom is -0.388 e. The maximum Gasteiger partial charge on any atom is 0.224 e. The van der Waals surface area contributed by atoms with Gasteiger partial charge in [-0.3, -0.25) is 0 Å². The Morgan fingerprint density at radius 2 is 1.94 bits per heavy atom. The number of rotatable bonds is 5. The SMILES string of the molecule is CCNc1nccc(NC(C)(C)C(C)(C)O)n1. The molecule has 1 aromatic rings. The Labute approximate surface area is 103 Å². The van der Waals surface area contributed by atoms with E-state index in [4.69, 9.17) is 0 Å². The summed E-state index contributed by atoms with van der Waals surface area (Å²) in [5, 5.41) is 16.3. The molecule has 1 rings (SSSR count). The fraction of sp³-hybridized carbons (Fsp3) is 0.667. The fourth-order valence-electron chi connectivity index (χ4n) is 1.14. The highest BCUT2D eigenvalue weighted by Gasteiger charge is 2.35. The molecule has 1 heterocycles. The lowest BCUT2D eigenvalue weighted by atomic mass is 9.86. The van der Waals surface area contributed by atoms with E-state index in [1.54, 1.807) is 26.1 Å². The van der Waals surface area contributed by atoms with Crippen LogP contribution < -0.4 is 10.6 Å². The Hall–Kier alpha value is -1.36. The molecule has 0 aliphatic heterocycles. The molecule has 0 amide bonds. The highest BCUT2D eigenvalue weighted by molar-refractivity contribution is 5.42. The maximum atomic E-state index is 10.1. The van der Waals surface area contributed by atoms with Crippen molar-refractivity contribution in [3.05, 3.63) is 12.3 Å². The molecule has 1 aromatic heterocycles. The van der Waals surface area contributed by atoms with Gasteiger partial charge in [0.15, 0.2) is 0 Å². The van der Waals surface area contributed by atoms with Gasteiger partial charge in [0.1, 0.15) is 5.82 Å². The van der Waals surface area contributed by atoms with Gasteiger partial charge >= 0.3 is 0 Å². The third-order valence-corrected chi connectivity index (χ3v) is 2.96. The molecular weight excluding hydrogens is 216 g/mol. The molecule has 17 heavy (non-hydrogen) atoms. The zero-order valence-electron chi connectivity index (χ0n) is 11.2. The molecule has 0 radical (unpaired) electrons. The topological polar surface area (TPSA) is 70.1 Å². The first-order chi connectivity index (χ1) is 7.76. The van der Waals surface area contributed by atoms with Crippen LogP contribution in [0.4, 0.5) is 11.8 Å². The number of hydrogen-bond acceptors (Lipinski definition) is 5. The molecule has 0 saturated carbocycles. The molecule has 0 spiro atoms. The molecule has 0 unspecified atom stereocenters. The molecule has 0 bridgehead atoms. The third kappa shape index (κ3) is 3.56. The van der Waals surface area contributed by atoms with Gasteiger partial charge in [0.2, 0.25) is 5.95 Å². The van der Waals surface area contributed by atoms with E-state index >= 15 is 0 Å². The van der Waals surface area contributed by atoms with Crippen LogP contribution >= 0.6 is 0 Å². The van der Waals surface area contributed by atoms with Gasteiger partial charge in [-0.15, -0.1) is 0 Å². The molecule has 0 aromatic carbocycles. The van der Waals surface area contributed by atoms with Crippen LogP contribution in [0, 0.1) is 0 Å². The van der Waals surface area contributed by atoms with Gasteiger partial charge in [-0.25, -0.2) is 4.98 Å². The number of nitrogens with one attached hydrogen (secondary N) is 2. The summed E-state index contributed by atoms with van der Waals surface area (Å²) in [4.78, 5) is 8.41. The summed E-state index contributed by atoms with van der Waals surface area (Å²) in [7, 11) is 0. The number of anilines is 2. The lowest BCUT2D eigenvalue weighted by Crippen LogP contribution is -2.51. The molecule has 0 aliphatic carbocycles. The minimum atomic E-state index is -0.851. The van der Waals surface area contributed by atoms with Crippen molar-refractivity contribution in [3.8, 4) is 0 Å². The number of aliphatic hydroxyl groups is 1. The lowest BCUT2D eigenvalue weighted by Gasteiger charge is -2.38. The quantitative estimate of drug-likeness (QED) is 0.730. The van der Waals surface area contributed by atoms with Gasteiger partial charge in [-0.05, 0) is 40.7 Å². The molecule has 3 N–H and O–H groups in total. The predicted octanol–water partition coefficient (Wildman–Crippen LogP) is 1.87. The summed E-state index contributed by atoms with van der Waals surface area (Å²) < 4.78 is 0. The first kappa shape index (κ1) is 13.7. The second-order valence-corrected chi connectivity index (χ2v) is 5.10. The Kier molecular flexibility index (Phi) is 3.93. The van der Waals surface area contributed by atoms with Gasteiger partial charge in [-0.1, -0.05) is 0 Å². The van der Waals surface area contributed by atoms with Crippen molar-refractivity contribution >= 4 is 11.8 Å². The van der Waals surface area contributed by atoms with E-state index in [-0.39, 0.29) is 0 Å². The molecule has 5 nitrogen and oxygen atoms in total. The predicted molar refractivity (Wildman–Crippen MR) is 70.2 cm³/mol. The zero-order chi connectivity index (χ0) is 13.1. The number of aromatic nitrogens is 2. The van der Waals surface area contributed by atoms with Crippen molar-refractivity contribution in [2.45, 2.75) is 45.8 Å². The number of hydrogen-bond donors (Lipinski definition) is 3. The maximum absolute atomic E-state index is 10.1. The molecule has 0 saturated heterocycles. The van der Waals surface area contributed by atoms with E-state index in [2.05, 4.69) is 20.6 Å². The molecule has 0 atom stereocenters. The van der Waals surface area contributed by atoms with Gasteiger partial charge < -0.3 is 15.7 Å². The summed E-state index contributed by atoms with van der Waals surface area (Å²) >= 11 is 0. The highest BCUT2D eigenvalue weighted by Crippen LogP contribution is 2.25. The van der Waals surface area contributed by atoms with Crippen LogP contribution in [0.1, 0.15) is 34.6 Å². The normalized spacial score (nSPS) is 12.4. The molecular formula is C12H22N4O. The molecule has 0 fully saturated rings. The van der Waals surface area contributed by atoms with Crippen LogP contribution in [0.3, 0.4) is 0 Å². The first-order valence-electron chi connectivity index (χ1n) is 5.84. The Balaban J connectivity index is 2.84. The smallest absolute Gasteiger partial charge is 0.224 e. The summed E-state index contributed by atoms with van der Waals surface area (Å²) in [6.45, 7) is 10.2. The third-order valence-electron chi connectivity index (χ3n) is 2.96. The summed E-state index contributed by atoms with van der Waals surface area (Å²) in [5.41, 5.74) is -1.33. The summed E-state index contributed by atoms with van der Waals surface area (Å²) in [6.07, 6.45) is 1.69. The molecule has 0 aliphatic rings. The second-order valence-electron chi connectivity index (χ2n) is 5.10. The highest BCUT2D eigenvalue weighted by atomic mass is 16.3. The van der Waals surface area contributed by atoms with Gasteiger partial charge in [0.05, 0.1) is 11.1 Å². The summed E-state index contributed by atoms with van der Waals surface area (Å²) in [5.74, 6) is 1.28. The van der Waals surface area contributed by atoms with Crippen molar-refractivity contribution in [2.75, 3.05) is 17.2 Å². The van der Waals surface area contributed by atoms with Crippen molar-refractivity contribution in [2.24, 2.45) is 0 Å². The van der Waals surface area contributed by atoms with Crippen molar-refractivity contribution in [1.82, 2.24) is 9.97 Å². The van der Waals surface area contributed by atoms with Crippen LogP contribution in [0.2, 0.25) is 0 Å². The lowest BCUT2D eigenvalue weighted by molar-refractivity contribution is 0.0239. The van der Waals surface area contributed by atoms with Crippen molar-refractivity contribution in [1.29, 1.82) is 0 Å². The fourth-order valence-corrected chi connectivity index (χ4v) is 1.14. The molecule has 96 valence electrons. The summed E-state index contributed by atoms with van der Waals surface area (Å²) in [6, 6.07) is 1.79. The molecule has 5 heteroatoms. The van der Waals surface area contributed by atoms with Crippen LogP contribution in [0.25, 0.3) is 0 Å². The zero-order valence-corrected chi connectivity index (χ0v) is 11.2. The Morgan fingerprint density at radius 1 is 1.29 bits per heavy atom. The monoisotopic (exact) mass is 238 g/mol. The van der Waals surface area contributed by atoms with Crippen LogP contribution in [-0.4, -0.2) is 32.8 Å². The Bertz CT molecular complexity index is 371. The van der Waals surface area contributed by atoms with E-state index in [1.807, 2.05) is 20.8 Å². The van der Waals surface area contributed by atoms with Crippen LogP contribution in [0.15, 0.2) is 12.3 Å². The van der Waals surface area contributed by atoms with E-state index in [0.717, 1.165) is 6.54 Å². The minimum absolute atomic E-state index is 0.481. The van der Waals surface area contributed by atoms with Gasteiger partial charge in [0, 0.05) is 12.7 Å². The average Bonchev–Trinajstić information content (AvgIpc) is 2.16. The van der Waals surface area contributed by atoms with E-state index in [9.17, 15) is 5.11 Å². The van der Waals surface area contributed by atoms with Crippen molar-refractivity contribution < 1.29 is 5.11 Å². The first-order valence-corrected chi connectivity index (χ1v) is 5.84.